The van der Waals surface area contributed by atoms with Crippen LogP contribution in [0.15, 0.2) is 54.6 Å². The maximum atomic E-state index is 11.9. The summed E-state index contributed by atoms with van der Waals surface area (Å²) in [6.07, 6.45) is -0.398. The third-order valence-electron chi connectivity index (χ3n) is 2.64. The van der Waals surface area contributed by atoms with Crippen LogP contribution in [-0.2, 0) is 0 Å². The van der Waals surface area contributed by atoms with E-state index in [1.54, 1.807) is 19.2 Å². The molecule has 18 heavy (non-hydrogen) atoms. The molecule has 0 unspecified atom stereocenters. The second-order valence-corrected chi connectivity index (χ2v) is 4.08. The monoisotopic (exact) mass is 241 g/mol. The van der Waals surface area contributed by atoms with Gasteiger partial charge in [0, 0.05) is 12.7 Å². The van der Waals surface area contributed by atoms with Gasteiger partial charge >= 0.3 is 6.09 Å². The van der Waals surface area contributed by atoms with Crippen molar-refractivity contribution in [2.75, 3.05) is 11.9 Å². The number of amides is 1. The molecule has 0 aliphatic rings. The van der Waals surface area contributed by atoms with Crippen molar-refractivity contribution < 1.29 is 9.53 Å². The molecule has 0 spiro atoms. The first-order valence-electron chi connectivity index (χ1n) is 5.74. The standard InChI is InChI=1S/C15H15NO2/c1-12-8-10-13(11-9-12)16(2)15(17)18-14-6-4-3-5-7-14/h3-11H,1-2H3. The number of hydrogen-bond donors (Lipinski definition) is 0. The van der Waals surface area contributed by atoms with Gasteiger partial charge in [-0.05, 0) is 31.2 Å². The van der Waals surface area contributed by atoms with E-state index in [1.807, 2.05) is 49.4 Å². The average Bonchev–Trinajstić information content (AvgIpc) is 2.40. The molecule has 2 rings (SSSR count). The molecule has 0 bridgehead atoms. The molecule has 3 heteroatoms. The van der Waals surface area contributed by atoms with Crippen molar-refractivity contribution in [3.63, 3.8) is 0 Å². The molecule has 0 aromatic heterocycles. The Bertz CT molecular complexity index is 520. The van der Waals surface area contributed by atoms with E-state index in [9.17, 15) is 4.79 Å². The lowest BCUT2D eigenvalue weighted by atomic mass is 10.2. The van der Waals surface area contributed by atoms with Crippen LogP contribution in [0.5, 0.6) is 5.75 Å². The Balaban J connectivity index is 2.07. The summed E-state index contributed by atoms with van der Waals surface area (Å²) in [5, 5.41) is 0. The highest BCUT2D eigenvalue weighted by Gasteiger charge is 2.12. The zero-order valence-corrected chi connectivity index (χ0v) is 10.5. The average molecular weight is 241 g/mol. The van der Waals surface area contributed by atoms with E-state index < -0.39 is 6.09 Å². The molecule has 2 aromatic rings. The van der Waals surface area contributed by atoms with E-state index in [0.29, 0.717) is 5.75 Å². The highest BCUT2D eigenvalue weighted by Crippen LogP contribution is 2.16. The van der Waals surface area contributed by atoms with Gasteiger partial charge in [-0.15, -0.1) is 0 Å². The molecule has 0 radical (unpaired) electrons. The van der Waals surface area contributed by atoms with Crippen molar-refractivity contribution in [1.82, 2.24) is 0 Å². The molecule has 3 nitrogen and oxygen atoms in total. The van der Waals surface area contributed by atoms with Crippen LogP contribution < -0.4 is 9.64 Å². The summed E-state index contributed by atoms with van der Waals surface area (Å²) < 4.78 is 5.25. The number of benzene rings is 2. The van der Waals surface area contributed by atoms with E-state index in [0.717, 1.165) is 11.3 Å². The third-order valence-corrected chi connectivity index (χ3v) is 2.64. The van der Waals surface area contributed by atoms with Gasteiger partial charge in [0.1, 0.15) is 5.75 Å². The summed E-state index contributed by atoms with van der Waals surface area (Å²) in [5.74, 6) is 0.543. The van der Waals surface area contributed by atoms with Crippen LogP contribution in [-0.4, -0.2) is 13.1 Å². The summed E-state index contributed by atoms with van der Waals surface area (Å²) >= 11 is 0. The Labute approximate surface area is 107 Å². The van der Waals surface area contributed by atoms with E-state index in [1.165, 1.54) is 4.90 Å². The summed E-state index contributed by atoms with van der Waals surface area (Å²) in [6.45, 7) is 2.01. The van der Waals surface area contributed by atoms with Crippen LogP contribution in [0.1, 0.15) is 5.56 Å². The molecule has 0 aliphatic carbocycles. The van der Waals surface area contributed by atoms with Gasteiger partial charge in [0.2, 0.25) is 0 Å². The first-order chi connectivity index (χ1) is 8.66. The SMILES string of the molecule is Cc1ccc(N(C)C(=O)Oc2ccccc2)cc1. The molecule has 0 saturated heterocycles. The van der Waals surface area contributed by atoms with Crippen LogP contribution in [0.2, 0.25) is 0 Å². The van der Waals surface area contributed by atoms with Crippen molar-refractivity contribution in [3.8, 4) is 5.75 Å². The topological polar surface area (TPSA) is 29.5 Å². The van der Waals surface area contributed by atoms with Crippen molar-refractivity contribution in [2.24, 2.45) is 0 Å². The van der Waals surface area contributed by atoms with Crippen molar-refractivity contribution >= 4 is 11.8 Å². The van der Waals surface area contributed by atoms with Gasteiger partial charge < -0.3 is 4.74 Å². The number of aryl methyl sites for hydroxylation is 1. The molecule has 0 atom stereocenters. The normalized spacial score (nSPS) is 9.89. The van der Waals surface area contributed by atoms with Crippen LogP contribution >= 0.6 is 0 Å². The first-order valence-corrected chi connectivity index (χ1v) is 5.74. The zero-order chi connectivity index (χ0) is 13.0. The maximum Gasteiger partial charge on any atom is 0.419 e. The molecule has 0 aliphatic heterocycles. The lowest BCUT2D eigenvalue weighted by Gasteiger charge is -2.16. The van der Waals surface area contributed by atoms with Crippen molar-refractivity contribution in [3.05, 3.63) is 60.2 Å². The van der Waals surface area contributed by atoms with Crippen LogP contribution in [0.25, 0.3) is 0 Å². The minimum absolute atomic E-state index is 0.398. The largest absolute Gasteiger partial charge is 0.419 e. The number of rotatable bonds is 2. The molecule has 1 amide bonds. The van der Waals surface area contributed by atoms with Gasteiger partial charge in [-0.25, -0.2) is 4.79 Å². The predicted octanol–water partition coefficient (Wildman–Crippen LogP) is 3.63. The fourth-order valence-corrected chi connectivity index (χ4v) is 1.53. The van der Waals surface area contributed by atoms with E-state index in [4.69, 9.17) is 4.74 Å². The molecule has 2 aromatic carbocycles. The number of ether oxygens (including phenoxy) is 1. The minimum Gasteiger partial charge on any atom is -0.410 e. The third kappa shape index (κ3) is 2.88. The minimum atomic E-state index is -0.398. The fourth-order valence-electron chi connectivity index (χ4n) is 1.53. The smallest absolute Gasteiger partial charge is 0.410 e. The lowest BCUT2D eigenvalue weighted by Crippen LogP contribution is -2.29. The zero-order valence-electron chi connectivity index (χ0n) is 10.5. The molecule has 0 heterocycles. The number of hydrogen-bond acceptors (Lipinski definition) is 2. The molecule has 0 saturated carbocycles. The van der Waals surface area contributed by atoms with E-state index >= 15 is 0 Å². The van der Waals surface area contributed by atoms with E-state index in [-0.39, 0.29) is 0 Å². The summed E-state index contributed by atoms with van der Waals surface area (Å²) in [5.41, 5.74) is 1.96. The number of carbonyl (C=O) groups is 1. The fraction of sp³-hybridized carbons (Fsp3) is 0.133. The van der Waals surface area contributed by atoms with Gasteiger partial charge in [0.05, 0.1) is 0 Å². The molecular formula is C15H15NO2. The Morgan fingerprint density at radius 1 is 1.00 bits per heavy atom. The van der Waals surface area contributed by atoms with Crippen molar-refractivity contribution in [2.45, 2.75) is 6.92 Å². The maximum absolute atomic E-state index is 11.9. The van der Waals surface area contributed by atoms with Gasteiger partial charge in [0.15, 0.2) is 0 Å². The highest BCUT2D eigenvalue weighted by atomic mass is 16.6. The van der Waals surface area contributed by atoms with Gasteiger partial charge in [-0.2, -0.15) is 0 Å². The van der Waals surface area contributed by atoms with Crippen LogP contribution in [0, 0.1) is 6.92 Å². The van der Waals surface area contributed by atoms with E-state index in [2.05, 4.69) is 0 Å². The second-order valence-electron chi connectivity index (χ2n) is 4.08. The van der Waals surface area contributed by atoms with Crippen LogP contribution in [0.4, 0.5) is 10.5 Å². The number of anilines is 1. The molecule has 0 N–H and O–H groups in total. The quantitative estimate of drug-likeness (QED) is 0.803. The first kappa shape index (κ1) is 12.2. The van der Waals surface area contributed by atoms with Gasteiger partial charge in [-0.1, -0.05) is 35.9 Å². The summed E-state index contributed by atoms with van der Waals surface area (Å²) in [7, 11) is 1.69. The highest BCUT2D eigenvalue weighted by molar-refractivity contribution is 5.88. The van der Waals surface area contributed by atoms with Gasteiger partial charge in [-0.3, -0.25) is 4.90 Å². The van der Waals surface area contributed by atoms with Crippen LogP contribution in [0.3, 0.4) is 0 Å². The van der Waals surface area contributed by atoms with Gasteiger partial charge in [0.25, 0.3) is 0 Å². The molecule has 0 fully saturated rings. The summed E-state index contributed by atoms with van der Waals surface area (Å²) in [6, 6.07) is 16.7. The number of carbonyl (C=O) groups excluding carboxylic acids is 1. The summed E-state index contributed by atoms with van der Waals surface area (Å²) in [4.78, 5) is 13.4. The Hall–Kier alpha value is -2.29. The Morgan fingerprint density at radius 2 is 1.61 bits per heavy atom. The van der Waals surface area contributed by atoms with Crippen molar-refractivity contribution in [1.29, 1.82) is 0 Å². The predicted molar refractivity (Wildman–Crippen MR) is 72.0 cm³/mol. The Kier molecular flexibility index (Phi) is 3.63. The molecule has 92 valence electrons. The number of para-hydroxylation sites is 1. The number of nitrogens with zero attached hydrogens (tertiary/aromatic N) is 1. The second kappa shape index (κ2) is 5.36. The lowest BCUT2D eigenvalue weighted by molar-refractivity contribution is 0.209. The Morgan fingerprint density at radius 3 is 2.22 bits per heavy atom. The molecular weight excluding hydrogens is 226 g/mol.